The van der Waals surface area contributed by atoms with E-state index in [1.807, 2.05) is 0 Å². The number of nitrogens with zero attached hydrogens (tertiary/aromatic N) is 3. The van der Waals surface area contributed by atoms with Crippen LogP contribution >= 0.6 is 0 Å². The van der Waals surface area contributed by atoms with Crippen LogP contribution in [0.3, 0.4) is 0 Å². The smallest absolute Gasteiger partial charge is 0.293 e. The predicted molar refractivity (Wildman–Crippen MR) is 69.9 cm³/mol. The molecule has 20 heavy (non-hydrogen) atoms. The van der Waals surface area contributed by atoms with Gasteiger partial charge in [0.1, 0.15) is 11.3 Å². The van der Waals surface area contributed by atoms with Gasteiger partial charge in [-0.25, -0.2) is 4.99 Å². The SMILES string of the molecule is CCC(CC)[C@@H]1[C@]2(C#N)C(N)=NC3(OCCO3)[C@]12C#N. The van der Waals surface area contributed by atoms with Crippen molar-refractivity contribution in [2.45, 2.75) is 32.6 Å². The molecule has 6 heteroatoms. The summed E-state index contributed by atoms with van der Waals surface area (Å²) in [7, 11) is 0. The first-order valence-corrected chi connectivity index (χ1v) is 7.06. The van der Waals surface area contributed by atoms with Gasteiger partial charge in [0, 0.05) is 5.92 Å². The van der Waals surface area contributed by atoms with Gasteiger partial charge >= 0.3 is 0 Å². The monoisotopic (exact) mass is 274 g/mol. The summed E-state index contributed by atoms with van der Waals surface area (Å²) in [4.78, 5) is 4.24. The average molecular weight is 274 g/mol. The number of nitriles is 2. The van der Waals surface area contributed by atoms with E-state index in [1.54, 1.807) is 0 Å². The summed E-state index contributed by atoms with van der Waals surface area (Å²) in [5.41, 5.74) is 3.89. The topological polar surface area (TPSA) is 104 Å². The van der Waals surface area contributed by atoms with Crippen LogP contribution in [0, 0.1) is 45.3 Å². The van der Waals surface area contributed by atoms with Crippen LogP contribution in [0.5, 0.6) is 0 Å². The summed E-state index contributed by atoms with van der Waals surface area (Å²) in [6.45, 7) is 4.87. The van der Waals surface area contributed by atoms with Gasteiger partial charge < -0.3 is 15.2 Å². The second-order valence-corrected chi connectivity index (χ2v) is 5.67. The van der Waals surface area contributed by atoms with E-state index in [9.17, 15) is 10.5 Å². The summed E-state index contributed by atoms with van der Waals surface area (Å²) < 4.78 is 11.3. The molecule has 0 aromatic carbocycles. The van der Waals surface area contributed by atoms with Crippen LogP contribution in [0.4, 0.5) is 0 Å². The Hall–Kier alpha value is -1.63. The zero-order chi connectivity index (χ0) is 14.6. The van der Waals surface area contributed by atoms with Gasteiger partial charge in [0.2, 0.25) is 0 Å². The minimum absolute atomic E-state index is 0.171. The van der Waals surface area contributed by atoms with Gasteiger partial charge in [0.05, 0.1) is 25.4 Å². The highest BCUT2D eigenvalue weighted by Gasteiger charge is 2.94. The van der Waals surface area contributed by atoms with Crippen LogP contribution in [0.2, 0.25) is 0 Å². The number of rotatable bonds is 3. The van der Waals surface area contributed by atoms with Gasteiger partial charge in [-0.1, -0.05) is 26.7 Å². The van der Waals surface area contributed by atoms with E-state index in [2.05, 4.69) is 31.0 Å². The van der Waals surface area contributed by atoms with Crippen LogP contribution in [0.15, 0.2) is 4.99 Å². The van der Waals surface area contributed by atoms with E-state index in [1.165, 1.54) is 0 Å². The standard InChI is InChI=1S/C14H18N4O2/c1-3-9(4-2)10-12(7-15)11(17)18-14(13(10,12)8-16)19-5-6-20-14/h9-10H,3-6H2,1-2H3,(H2,17,18)/t10-,12-,13-/m1/s1. The molecule has 0 unspecified atom stereocenters. The van der Waals surface area contributed by atoms with E-state index in [-0.39, 0.29) is 17.7 Å². The fourth-order valence-electron chi connectivity index (χ4n) is 4.25. The Labute approximate surface area is 118 Å². The Morgan fingerprint density at radius 3 is 2.35 bits per heavy atom. The zero-order valence-electron chi connectivity index (χ0n) is 11.7. The number of hydrogen-bond acceptors (Lipinski definition) is 6. The van der Waals surface area contributed by atoms with Crippen LogP contribution < -0.4 is 5.73 Å². The fraction of sp³-hybridized carbons (Fsp3) is 0.786. The lowest BCUT2D eigenvalue weighted by molar-refractivity contribution is -0.188. The molecule has 0 amide bonds. The molecule has 3 rings (SSSR count). The molecule has 1 aliphatic carbocycles. The van der Waals surface area contributed by atoms with Crippen molar-refractivity contribution in [3.8, 4) is 12.1 Å². The van der Waals surface area contributed by atoms with Crippen molar-refractivity contribution in [1.29, 1.82) is 10.5 Å². The third-order valence-corrected chi connectivity index (χ3v) is 5.19. The summed E-state index contributed by atoms with van der Waals surface area (Å²) in [6, 6.07) is 4.57. The highest BCUT2D eigenvalue weighted by Crippen LogP contribution is 2.80. The quantitative estimate of drug-likeness (QED) is 0.831. The third-order valence-electron chi connectivity index (χ3n) is 5.19. The normalized spacial score (nSPS) is 40.2. The first kappa shape index (κ1) is 13.4. The summed E-state index contributed by atoms with van der Waals surface area (Å²) in [5.74, 6) is -1.11. The summed E-state index contributed by atoms with van der Waals surface area (Å²) in [5, 5.41) is 19.5. The van der Waals surface area contributed by atoms with Crippen molar-refractivity contribution in [2.75, 3.05) is 13.2 Å². The minimum atomic E-state index is -1.37. The molecular weight excluding hydrogens is 256 g/mol. The molecule has 6 nitrogen and oxygen atoms in total. The zero-order valence-corrected chi connectivity index (χ0v) is 11.7. The third kappa shape index (κ3) is 1.06. The van der Waals surface area contributed by atoms with Crippen LogP contribution in [-0.2, 0) is 9.47 Å². The first-order valence-electron chi connectivity index (χ1n) is 7.06. The lowest BCUT2D eigenvalue weighted by Gasteiger charge is -2.27. The van der Waals surface area contributed by atoms with Crippen LogP contribution in [0.25, 0.3) is 0 Å². The second kappa shape index (κ2) is 3.94. The molecule has 0 aromatic rings. The van der Waals surface area contributed by atoms with E-state index in [0.717, 1.165) is 12.8 Å². The van der Waals surface area contributed by atoms with Crippen molar-refractivity contribution in [1.82, 2.24) is 0 Å². The largest absolute Gasteiger partial charge is 0.386 e. The van der Waals surface area contributed by atoms with E-state index in [0.29, 0.717) is 13.2 Å². The van der Waals surface area contributed by atoms with Crippen LogP contribution in [-0.4, -0.2) is 25.0 Å². The second-order valence-electron chi connectivity index (χ2n) is 5.67. The van der Waals surface area contributed by atoms with Gasteiger partial charge in [-0.3, -0.25) is 0 Å². The number of amidine groups is 1. The first-order chi connectivity index (χ1) is 9.60. The molecule has 1 spiro atoms. The Morgan fingerprint density at radius 2 is 1.90 bits per heavy atom. The lowest BCUT2D eigenvalue weighted by Crippen LogP contribution is -2.39. The molecule has 2 N–H and O–H groups in total. The molecule has 0 aromatic heterocycles. The Bertz CT molecular complexity index is 551. The molecule has 3 atom stereocenters. The predicted octanol–water partition coefficient (Wildman–Crippen LogP) is 1.14. The van der Waals surface area contributed by atoms with Crippen molar-refractivity contribution < 1.29 is 9.47 Å². The Morgan fingerprint density at radius 1 is 1.30 bits per heavy atom. The highest BCUT2D eigenvalue weighted by atomic mass is 16.8. The van der Waals surface area contributed by atoms with Gasteiger partial charge in [-0.2, -0.15) is 10.5 Å². The van der Waals surface area contributed by atoms with Crippen molar-refractivity contribution in [3.05, 3.63) is 0 Å². The highest BCUT2D eigenvalue weighted by molar-refractivity contribution is 5.98. The molecular formula is C14H18N4O2. The molecule has 3 aliphatic rings. The van der Waals surface area contributed by atoms with Crippen molar-refractivity contribution in [3.63, 3.8) is 0 Å². The summed E-state index contributed by atoms with van der Waals surface area (Å²) >= 11 is 0. The van der Waals surface area contributed by atoms with Gasteiger partial charge in [-0.15, -0.1) is 0 Å². The molecule has 0 bridgehead atoms. The van der Waals surface area contributed by atoms with Crippen LogP contribution in [0.1, 0.15) is 26.7 Å². The molecule has 1 saturated heterocycles. The number of ether oxygens (including phenoxy) is 2. The Balaban J connectivity index is 2.16. The molecule has 2 heterocycles. The molecule has 2 aliphatic heterocycles. The molecule has 0 radical (unpaired) electrons. The van der Waals surface area contributed by atoms with Gasteiger partial charge in [0.25, 0.3) is 5.91 Å². The summed E-state index contributed by atoms with van der Waals surface area (Å²) in [6.07, 6.45) is 1.77. The lowest BCUT2D eigenvalue weighted by atomic mass is 9.89. The maximum absolute atomic E-state index is 9.83. The molecule has 106 valence electrons. The molecule has 2 fully saturated rings. The maximum Gasteiger partial charge on any atom is 0.293 e. The van der Waals surface area contributed by atoms with E-state index < -0.39 is 16.7 Å². The number of fused-ring (bicyclic) bond motifs is 2. The van der Waals surface area contributed by atoms with Crippen molar-refractivity contribution in [2.24, 2.45) is 33.4 Å². The van der Waals surface area contributed by atoms with Gasteiger partial charge in [0.15, 0.2) is 5.41 Å². The van der Waals surface area contributed by atoms with Gasteiger partial charge in [-0.05, 0) is 5.92 Å². The Kier molecular flexibility index (Phi) is 2.63. The number of aliphatic imine (C=N–C) groups is 1. The average Bonchev–Trinajstić information content (AvgIpc) is 2.72. The van der Waals surface area contributed by atoms with Crippen molar-refractivity contribution >= 4 is 5.84 Å². The van der Waals surface area contributed by atoms with E-state index >= 15 is 0 Å². The minimum Gasteiger partial charge on any atom is -0.386 e. The molecule has 1 saturated carbocycles. The fourth-order valence-corrected chi connectivity index (χ4v) is 4.25. The van der Waals surface area contributed by atoms with E-state index in [4.69, 9.17) is 15.2 Å². The number of hydrogen-bond donors (Lipinski definition) is 1. The maximum atomic E-state index is 9.83. The number of nitrogens with two attached hydrogens (primary N) is 1.